The Morgan fingerprint density at radius 1 is 0.816 bits per heavy atom. The Morgan fingerprint density at radius 2 is 1.47 bits per heavy atom. The van der Waals surface area contributed by atoms with Gasteiger partial charge in [-0.25, -0.2) is 9.18 Å². The number of ether oxygens (including phenoxy) is 2. The van der Waals surface area contributed by atoms with Crippen LogP contribution in [0, 0.1) is 5.82 Å². The van der Waals surface area contributed by atoms with Crippen molar-refractivity contribution in [2.75, 3.05) is 30.4 Å². The molecule has 0 atom stereocenters. The van der Waals surface area contributed by atoms with Crippen LogP contribution in [0.2, 0.25) is 0 Å². The molecule has 7 nitrogen and oxygen atoms in total. The number of rotatable bonds is 10. The molecule has 38 heavy (non-hydrogen) atoms. The lowest BCUT2D eigenvalue weighted by molar-refractivity contribution is 0.0949. The molecule has 4 aromatic rings. The smallest absolute Gasteiger partial charge is 0.326 e. The molecule has 0 saturated heterocycles. The van der Waals surface area contributed by atoms with Crippen molar-refractivity contribution in [3.05, 3.63) is 115 Å². The predicted octanol–water partition coefficient (Wildman–Crippen LogP) is 6.49. The molecule has 8 heteroatoms. The average molecular weight is 514 g/mol. The monoisotopic (exact) mass is 513 g/mol. The van der Waals surface area contributed by atoms with Gasteiger partial charge in [0.2, 0.25) is 0 Å². The molecule has 0 bridgehead atoms. The number of nitrogens with zero attached hydrogens (tertiary/aromatic N) is 1. The molecule has 2 N–H and O–H groups in total. The largest absolute Gasteiger partial charge is 0.495 e. The zero-order chi connectivity index (χ0) is 26.7. The summed E-state index contributed by atoms with van der Waals surface area (Å²) >= 11 is 0. The van der Waals surface area contributed by atoms with E-state index in [0.717, 1.165) is 0 Å². The fourth-order valence-corrected chi connectivity index (χ4v) is 3.78. The number of anilines is 2. The van der Waals surface area contributed by atoms with Crippen LogP contribution in [-0.4, -0.2) is 32.1 Å². The van der Waals surface area contributed by atoms with Gasteiger partial charge >= 0.3 is 6.03 Å². The summed E-state index contributed by atoms with van der Waals surface area (Å²) in [7, 11) is 1.53. The summed E-state index contributed by atoms with van der Waals surface area (Å²) in [5.74, 6) is 0.777. The number of para-hydroxylation sites is 3. The normalized spacial score (nSPS) is 10.4. The van der Waals surface area contributed by atoms with E-state index in [-0.39, 0.29) is 24.7 Å². The van der Waals surface area contributed by atoms with E-state index in [0.29, 0.717) is 35.0 Å². The van der Waals surface area contributed by atoms with Gasteiger partial charge in [-0.15, -0.1) is 0 Å². The first kappa shape index (κ1) is 26.2. The summed E-state index contributed by atoms with van der Waals surface area (Å²) in [4.78, 5) is 27.2. The van der Waals surface area contributed by atoms with Crippen LogP contribution in [0.25, 0.3) is 0 Å². The maximum Gasteiger partial charge on any atom is 0.326 e. The molecule has 0 aliphatic carbocycles. The second-order valence-electron chi connectivity index (χ2n) is 8.28. The second kappa shape index (κ2) is 12.9. The molecule has 0 aromatic heterocycles. The zero-order valence-corrected chi connectivity index (χ0v) is 20.9. The van der Waals surface area contributed by atoms with Crippen LogP contribution in [0.4, 0.5) is 20.6 Å². The van der Waals surface area contributed by atoms with Crippen LogP contribution in [0.5, 0.6) is 17.2 Å². The van der Waals surface area contributed by atoms with E-state index in [1.807, 2.05) is 36.4 Å². The van der Waals surface area contributed by atoms with E-state index < -0.39 is 11.7 Å². The van der Waals surface area contributed by atoms with Crippen LogP contribution in [-0.2, 0) is 0 Å². The molecule has 0 radical (unpaired) electrons. The van der Waals surface area contributed by atoms with E-state index in [1.165, 1.54) is 25.3 Å². The molecule has 0 spiro atoms. The molecule has 194 valence electrons. The summed E-state index contributed by atoms with van der Waals surface area (Å²) in [6.07, 6.45) is 0.432. The molecule has 3 amide bonds. The molecule has 0 aliphatic heterocycles. The number of urea groups is 1. The van der Waals surface area contributed by atoms with Gasteiger partial charge in [0, 0.05) is 18.8 Å². The molecule has 4 aromatic carbocycles. The quantitative estimate of drug-likeness (QED) is 0.238. The molecule has 0 aliphatic rings. The first-order valence-electron chi connectivity index (χ1n) is 12.1. The third-order valence-corrected chi connectivity index (χ3v) is 5.68. The van der Waals surface area contributed by atoms with Gasteiger partial charge in [-0.2, -0.15) is 0 Å². The standard InChI is InChI=1S/C30H28FN3O4/c1-37-28-15-8-7-14-27(28)33-30(36)34(21-9-20-32-29(35)25-12-5-6-13-26(25)31)22-16-18-24(19-17-22)38-23-10-3-2-4-11-23/h2-8,10-19H,9,20-21H2,1H3,(H,32,35)(H,33,36). The van der Waals surface area contributed by atoms with Gasteiger partial charge in [0.1, 0.15) is 23.1 Å². The van der Waals surface area contributed by atoms with E-state index in [1.54, 1.807) is 53.4 Å². The number of halogens is 1. The highest BCUT2D eigenvalue weighted by atomic mass is 19.1. The highest BCUT2D eigenvalue weighted by Gasteiger charge is 2.18. The van der Waals surface area contributed by atoms with Crippen LogP contribution >= 0.6 is 0 Å². The number of nitrogens with one attached hydrogen (secondary N) is 2. The topological polar surface area (TPSA) is 79.9 Å². The van der Waals surface area contributed by atoms with Crippen molar-refractivity contribution in [2.45, 2.75) is 6.42 Å². The minimum Gasteiger partial charge on any atom is -0.495 e. The lowest BCUT2D eigenvalue weighted by Crippen LogP contribution is -2.37. The Bertz CT molecular complexity index is 1360. The van der Waals surface area contributed by atoms with Gasteiger partial charge in [-0.1, -0.05) is 42.5 Å². The van der Waals surface area contributed by atoms with Gasteiger partial charge in [0.05, 0.1) is 18.4 Å². The number of hydrogen-bond donors (Lipinski definition) is 2. The number of carbonyl (C=O) groups excluding carboxylic acids is 2. The van der Waals surface area contributed by atoms with Crippen molar-refractivity contribution >= 4 is 23.3 Å². The van der Waals surface area contributed by atoms with E-state index >= 15 is 0 Å². The average Bonchev–Trinajstić information content (AvgIpc) is 2.94. The van der Waals surface area contributed by atoms with Crippen molar-refractivity contribution in [1.29, 1.82) is 0 Å². The number of benzene rings is 4. The maximum atomic E-state index is 13.9. The summed E-state index contributed by atoms with van der Waals surface area (Å²) < 4.78 is 25.1. The summed E-state index contributed by atoms with van der Waals surface area (Å²) in [6, 6.07) is 29.1. The Morgan fingerprint density at radius 3 is 2.21 bits per heavy atom. The zero-order valence-electron chi connectivity index (χ0n) is 20.9. The predicted molar refractivity (Wildman–Crippen MR) is 146 cm³/mol. The first-order valence-corrected chi connectivity index (χ1v) is 12.1. The van der Waals surface area contributed by atoms with Gasteiger partial charge < -0.3 is 20.1 Å². The minimum atomic E-state index is -0.583. The molecule has 4 rings (SSSR count). The molecule has 0 fully saturated rings. The molecule has 0 unspecified atom stereocenters. The molecular weight excluding hydrogens is 485 g/mol. The number of hydrogen-bond acceptors (Lipinski definition) is 4. The maximum absolute atomic E-state index is 13.9. The summed E-state index contributed by atoms with van der Waals surface area (Å²) in [5, 5.41) is 5.60. The molecule has 0 saturated carbocycles. The number of amides is 3. The molecular formula is C30H28FN3O4. The fraction of sp³-hybridized carbons (Fsp3) is 0.133. The Kier molecular flexibility index (Phi) is 8.91. The lowest BCUT2D eigenvalue weighted by Gasteiger charge is -2.24. The minimum absolute atomic E-state index is 0.0210. The van der Waals surface area contributed by atoms with Crippen LogP contribution < -0.4 is 25.0 Å². The number of methoxy groups -OCH3 is 1. The highest BCUT2D eigenvalue weighted by Crippen LogP contribution is 2.27. The Balaban J connectivity index is 1.45. The van der Waals surface area contributed by atoms with E-state index in [4.69, 9.17) is 9.47 Å². The van der Waals surface area contributed by atoms with Crippen molar-refractivity contribution < 1.29 is 23.5 Å². The van der Waals surface area contributed by atoms with Gasteiger partial charge in [0.25, 0.3) is 5.91 Å². The summed E-state index contributed by atoms with van der Waals surface area (Å²) in [6.45, 7) is 0.540. The van der Waals surface area contributed by atoms with Crippen molar-refractivity contribution in [1.82, 2.24) is 5.32 Å². The van der Waals surface area contributed by atoms with Crippen molar-refractivity contribution in [3.63, 3.8) is 0 Å². The van der Waals surface area contributed by atoms with Crippen molar-refractivity contribution in [2.24, 2.45) is 0 Å². The third-order valence-electron chi connectivity index (χ3n) is 5.68. The lowest BCUT2D eigenvalue weighted by atomic mass is 10.2. The third kappa shape index (κ3) is 6.88. The fourth-order valence-electron chi connectivity index (χ4n) is 3.78. The Hall–Kier alpha value is -4.85. The van der Waals surface area contributed by atoms with Gasteiger partial charge in [0.15, 0.2) is 0 Å². The number of carbonyl (C=O) groups is 2. The van der Waals surface area contributed by atoms with Crippen molar-refractivity contribution in [3.8, 4) is 17.2 Å². The van der Waals surface area contributed by atoms with Crippen LogP contribution in [0.1, 0.15) is 16.8 Å². The second-order valence-corrected chi connectivity index (χ2v) is 8.28. The van der Waals surface area contributed by atoms with Gasteiger partial charge in [-0.05, 0) is 67.1 Å². The summed E-state index contributed by atoms with van der Waals surface area (Å²) in [5.41, 5.74) is 1.15. The molecule has 0 heterocycles. The first-order chi connectivity index (χ1) is 18.5. The van der Waals surface area contributed by atoms with E-state index in [9.17, 15) is 14.0 Å². The van der Waals surface area contributed by atoms with Crippen LogP contribution in [0.3, 0.4) is 0 Å². The van der Waals surface area contributed by atoms with E-state index in [2.05, 4.69) is 10.6 Å². The SMILES string of the molecule is COc1ccccc1NC(=O)N(CCCNC(=O)c1ccccc1F)c1ccc(Oc2ccccc2)cc1. The highest BCUT2D eigenvalue weighted by molar-refractivity contribution is 6.02. The van der Waals surface area contributed by atoms with Gasteiger partial charge in [-0.3, -0.25) is 9.69 Å². The Labute approximate surface area is 220 Å². The van der Waals surface area contributed by atoms with Crippen LogP contribution in [0.15, 0.2) is 103 Å².